The number of aromatic nitrogens is 1. The molecular weight excluding hydrogens is 260 g/mol. The second-order valence-corrected chi connectivity index (χ2v) is 5.04. The number of nitrogens with zero attached hydrogens (tertiary/aromatic N) is 2. The van der Waals surface area contributed by atoms with E-state index in [1.807, 2.05) is 6.92 Å². The minimum Gasteiger partial charge on any atom is -0.369 e. The van der Waals surface area contributed by atoms with Gasteiger partial charge in [-0.05, 0) is 19.8 Å². The molecule has 3 amide bonds. The molecule has 1 unspecified atom stereocenters. The van der Waals surface area contributed by atoms with Crippen LogP contribution in [0, 0.1) is 12.8 Å². The maximum Gasteiger partial charge on any atom is 0.322 e. The summed E-state index contributed by atoms with van der Waals surface area (Å²) in [6.07, 6.45) is 2.18. The molecule has 0 aliphatic carbocycles. The van der Waals surface area contributed by atoms with Crippen LogP contribution in [0.1, 0.15) is 31.2 Å². The fourth-order valence-electron chi connectivity index (χ4n) is 2.40. The Morgan fingerprint density at radius 3 is 2.95 bits per heavy atom. The zero-order valence-electron chi connectivity index (χ0n) is 11.8. The number of likely N-dealkylation sites (tertiary alicyclic amines) is 1. The first kappa shape index (κ1) is 14.4. The van der Waals surface area contributed by atoms with Gasteiger partial charge in [-0.2, -0.15) is 0 Å². The second-order valence-electron chi connectivity index (χ2n) is 5.04. The van der Waals surface area contributed by atoms with E-state index in [2.05, 4.69) is 10.5 Å². The quantitative estimate of drug-likeness (QED) is 0.870. The third kappa shape index (κ3) is 2.92. The topological polar surface area (TPSA) is 101 Å². The molecule has 1 saturated heterocycles. The van der Waals surface area contributed by atoms with Crippen LogP contribution >= 0.6 is 0 Å². The van der Waals surface area contributed by atoms with Gasteiger partial charge in [-0.1, -0.05) is 12.1 Å². The van der Waals surface area contributed by atoms with Crippen LogP contribution in [0.5, 0.6) is 0 Å². The van der Waals surface area contributed by atoms with Crippen LogP contribution in [0.4, 0.5) is 10.5 Å². The van der Waals surface area contributed by atoms with E-state index in [4.69, 9.17) is 10.3 Å². The molecule has 110 valence electrons. The van der Waals surface area contributed by atoms with Crippen LogP contribution in [0.25, 0.3) is 0 Å². The Morgan fingerprint density at radius 2 is 2.30 bits per heavy atom. The Labute approximate surface area is 117 Å². The van der Waals surface area contributed by atoms with Crippen molar-refractivity contribution in [3.8, 4) is 0 Å². The number of hydrogen-bond acceptors (Lipinski definition) is 4. The van der Waals surface area contributed by atoms with Crippen LogP contribution in [0.2, 0.25) is 0 Å². The highest BCUT2D eigenvalue weighted by atomic mass is 16.5. The number of rotatable bonds is 3. The van der Waals surface area contributed by atoms with Crippen molar-refractivity contribution in [2.45, 2.75) is 33.1 Å². The third-order valence-electron chi connectivity index (χ3n) is 3.60. The summed E-state index contributed by atoms with van der Waals surface area (Å²) in [5.74, 6) is 0.0425. The lowest BCUT2D eigenvalue weighted by molar-refractivity contribution is -0.123. The molecule has 0 bridgehead atoms. The number of carbonyl (C=O) groups excluding carboxylic acids is 2. The highest BCUT2D eigenvalue weighted by molar-refractivity contribution is 5.91. The number of nitrogens with one attached hydrogen (secondary N) is 1. The summed E-state index contributed by atoms with van der Waals surface area (Å²) in [7, 11) is 0. The first-order valence-electron chi connectivity index (χ1n) is 6.83. The predicted molar refractivity (Wildman–Crippen MR) is 73.1 cm³/mol. The van der Waals surface area contributed by atoms with Crippen LogP contribution in [-0.4, -0.2) is 35.1 Å². The summed E-state index contributed by atoms with van der Waals surface area (Å²) >= 11 is 0. The van der Waals surface area contributed by atoms with E-state index in [1.165, 1.54) is 0 Å². The molecule has 1 aromatic rings. The maximum absolute atomic E-state index is 12.2. The van der Waals surface area contributed by atoms with E-state index in [0.717, 1.165) is 12.8 Å². The van der Waals surface area contributed by atoms with Gasteiger partial charge in [-0.3, -0.25) is 4.79 Å². The summed E-state index contributed by atoms with van der Waals surface area (Å²) in [5, 5.41) is 6.66. The fourth-order valence-corrected chi connectivity index (χ4v) is 2.40. The van der Waals surface area contributed by atoms with Crippen molar-refractivity contribution in [1.82, 2.24) is 10.1 Å². The standard InChI is InChI=1S/C13H20N4O3/c1-3-10-11(8(2)16-20-10)15-13(19)17-6-4-5-9(7-17)12(14)18/h9H,3-7H2,1-2H3,(H2,14,18)(H,15,19). The zero-order valence-corrected chi connectivity index (χ0v) is 11.8. The van der Waals surface area contributed by atoms with Crippen LogP contribution < -0.4 is 11.1 Å². The Morgan fingerprint density at radius 1 is 1.55 bits per heavy atom. The predicted octanol–water partition coefficient (Wildman–Crippen LogP) is 1.27. The Kier molecular flexibility index (Phi) is 4.26. The summed E-state index contributed by atoms with van der Waals surface area (Å²) < 4.78 is 5.13. The first-order chi connectivity index (χ1) is 9.52. The summed E-state index contributed by atoms with van der Waals surface area (Å²) in [6, 6.07) is -0.239. The monoisotopic (exact) mass is 280 g/mol. The number of primary amides is 1. The van der Waals surface area contributed by atoms with Gasteiger partial charge in [0.2, 0.25) is 5.91 Å². The van der Waals surface area contributed by atoms with Crippen molar-refractivity contribution in [1.29, 1.82) is 0 Å². The fraction of sp³-hybridized carbons (Fsp3) is 0.615. The maximum atomic E-state index is 12.2. The number of hydrogen-bond donors (Lipinski definition) is 2. The Bertz CT molecular complexity index is 512. The van der Waals surface area contributed by atoms with Gasteiger partial charge in [0.05, 0.1) is 5.92 Å². The zero-order chi connectivity index (χ0) is 14.7. The molecule has 3 N–H and O–H groups in total. The van der Waals surface area contributed by atoms with E-state index in [0.29, 0.717) is 36.7 Å². The number of carbonyl (C=O) groups is 2. The number of nitrogens with two attached hydrogens (primary N) is 1. The molecule has 20 heavy (non-hydrogen) atoms. The molecule has 0 radical (unpaired) electrons. The molecule has 1 aliphatic heterocycles. The molecule has 2 rings (SSSR count). The molecule has 7 nitrogen and oxygen atoms in total. The lowest BCUT2D eigenvalue weighted by Crippen LogP contribution is -2.45. The minimum absolute atomic E-state index is 0.239. The summed E-state index contributed by atoms with van der Waals surface area (Å²) in [5.41, 5.74) is 6.59. The first-order valence-corrected chi connectivity index (χ1v) is 6.83. The van der Waals surface area contributed by atoms with Gasteiger partial charge < -0.3 is 20.5 Å². The van der Waals surface area contributed by atoms with Crippen molar-refractivity contribution in [2.75, 3.05) is 18.4 Å². The minimum atomic E-state index is -0.349. The number of urea groups is 1. The van der Waals surface area contributed by atoms with Gasteiger partial charge in [-0.25, -0.2) is 4.79 Å². The lowest BCUT2D eigenvalue weighted by atomic mass is 9.98. The van der Waals surface area contributed by atoms with Crippen LogP contribution in [0.3, 0.4) is 0 Å². The average molecular weight is 280 g/mol. The summed E-state index contributed by atoms with van der Waals surface area (Å²) in [6.45, 7) is 4.70. The van der Waals surface area contributed by atoms with E-state index >= 15 is 0 Å². The Hall–Kier alpha value is -2.05. The molecule has 2 heterocycles. The van der Waals surface area contributed by atoms with Crippen LogP contribution in [-0.2, 0) is 11.2 Å². The molecule has 1 atom stereocenters. The van der Waals surface area contributed by atoms with Gasteiger partial charge in [0, 0.05) is 19.5 Å². The van der Waals surface area contributed by atoms with Gasteiger partial charge in [-0.15, -0.1) is 0 Å². The van der Waals surface area contributed by atoms with Crippen molar-refractivity contribution < 1.29 is 14.1 Å². The van der Waals surface area contributed by atoms with Crippen molar-refractivity contribution in [3.63, 3.8) is 0 Å². The SMILES string of the molecule is CCc1onc(C)c1NC(=O)N1CCCC(C(N)=O)C1. The molecule has 1 fully saturated rings. The molecule has 7 heteroatoms. The van der Waals surface area contributed by atoms with E-state index in [-0.39, 0.29) is 17.9 Å². The van der Waals surface area contributed by atoms with Gasteiger partial charge in [0.25, 0.3) is 0 Å². The molecule has 0 saturated carbocycles. The van der Waals surface area contributed by atoms with E-state index in [9.17, 15) is 9.59 Å². The highest BCUT2D eigenvalue weighted by Gasteiger charge is 2.28. The average Bonchev–Trinajstić information content (AvgIpc) is 2.79. The van der Waals surface area contributed by atoms with Gasteiger partial charge >= 0.3 is 6.03 Å². The number of amides is 3. The van der Waals surface area contributed by atoms with Crippen molar-refractivity contribution in [3.05, 3.63) is 11.5 Å². The molecule has 1 aromatic heterocycles. The normalized spacial score (nSPS) is 18.9. The lowest BCUT2D eigenvalue weighted by Gasteiger charge is -2.31. The highest BCUT2D eigenvalue weighted by Crippen LogP contribution is 2.22. The van der Waals surface area contributed by atoms with E-state index in [1.54, 1.807) is 11.8 Å². The van der Waals surface area contributed by atoms with Gasteiger partial charge in [0.1, 0.15) is 11.4 Å². The molecule has 0 spiro atoms. The third-order valence-corrected chi connectivity index (χ3v) is 3.60. The number of anilines is 1. The van der Waals surface area contributed by atoms with Crippen molar-refractivity contribution in [2.24, 2.45) is 11.7 Å². The van der Waals surface area contributed by atoms with Gasteiger partial charge in [0.15, 0.2) is 5.76 Å². The molecule has 0 aromatic carbocycles. The van der Waals surface area contributed by atoms with Crippen LogP contribution in [0.15, 0.2) is 4.52 Å². The number of piperidine rings is 1. The Balaban J connectivity index is 2.04. The largest absolute Gasteiger partial charge is 0.369 e. The van der Waals surface area contributed by atoms with E-state index < -0.39 is 0 Å². The molecular formula is C13H20N4O3. The smallest absolute Gasteiger partial charge is 0.322 e. The summed E-state index contributed by atoms with van der Waals surface area (Å²) in [4.78, 5) is 25.1. The second kappa shape index (κ2) is 5.94. The number of aryl methyl sites for hydroxylation is 2. The molecule has 1 aliphatic rings. The van der Waals surface area contributed by atoms with Crippen molar-refractivity contribution >= 4 is 17.6 Å².